The van der Waals surface area contributed by atoms with Gasteiger partial charge in [0.05, 0.1) is 49.8 Å². The molecule has 0 radical (unpaired) electrons. The van der Waals surface area contributed by atoms with Crippen LogP contribution in [0, 0.1) is 6.92 Å². The Balaban J connectivity index is 0.000000396. The molecular formula is C17H21F3N4O5S. The summed E-state index contributed by atoms with van der Waals surface area (Å²) in [6.07, 6.45) is -0.423. The van der Waals surface area contributed by atoms with Gasteiger partial charge < -0.3 is 14.4 Å². The Morgan fingerprint density at radius 1 is 1.37 bits per heavy atom. The summed E-state index contributed by atoms with van der Waals surface area (Å²) in [6.45, 7) is 3.50. The molecule has 2 aromatic rings. The van der Waals surface area contributed by atoms with Gasteiger partial charge in [0.25, 0.3) is 0 Å². The molecule has 13 heteroatoms. The molecule has 1 atom stereocenters. The predicted octanol–water partition coefficient (Wildman–Crippen LogP) is 1.75. The van der Waals surface area contributed by atoms with Crippen LogP contribution >= 0.6 is 0 Å². The van der Waals surface area contributed by atoms with Crippen LogP contribution in [-0.2, 0) is 32.7 Å². The molecule has 0 aromatic carbocycles. The number of hydrogen-bond acceptors (Lipinski definition) is 6. The second-order valence-corrected chi connectivity index (χ2v) is 8.57. The van der Waals surface area contributed by atoms with Gasteiger partial charge in [-0.2, -0.15) is 17.5 Å². The molecule has 0 saturated heterocycles. The van der Waals surface area contributed by atoms with Gasteiger partial charge in [-0.1, -0.05) is 6.07 Å². The Hall–Kier alpha value is -2.51. The van der Waals surface area contributed by atoms with Crippen LogP contribution in [0.4, 0.5) is 13.2 Å². The first-order chi connectivity index (χ1) is 13.9. The molecular weight excluding hydrogens is 429 g/mol. The van der Waals surface area contributed by atoms with Crippen molar-refractivity contribution in [3.05, 3.63) is 47.8 Å². The molecule has 30 heavy (non-hydrogen) atoms. The van der Waals surface area contributed by atoms with Gasteiger partial charge in [-0.15, -0.1) is 0 Å². The lowest BCUT2D eigenvalue weighted by Crippen LogP contribution is -2.41. The second kappa shape index (κ2) is 9.53. The number of pyridine rings is 1. The first-order valence-electron chi connectivity index (χ1n) is 8.64. The number of aryl methyl sites for hydroxylation is 1. The van der Waals surface area contributed by atoms with E-state index in [9.17, 15) is 21.6 Å². The predicted molar refractivity (Wildman–Crippen MR) is 98.8 cm³/mol. The number of carbonyl (C=O) groups is 1. The summed E-state index contributed by atoms with van der Waals surface area (Å²) in [7, 11) is -3.24. The number of aromatic nitrogens is 3. The van der Waals surface area contributed by atoms with Crippen LogP contribution < -0.4 is 0 Å². The van der Waals surface area contributed by atoms with Crippen molar-refractivity contribution in [2.45, 2.75) is 32.3 Å². The highest BCUT2D eigenvalue weighted by atomic mass is 32.2. The molecule has 1 N–H and O–H groups in total. The van der Waals surface area contributed by atoms with Crippen LogP contribution in [0.3, 0.4) is 0 Å². The minimum Gasteiger partial charge on any atom is -0.475 e. The zero-order valence-electron chi connectivity index (χ0n) is 16.2. The number of halogens is 3. The van der Waals surface area contributed by atoms with Gasteiger partial charge in [-0.05, 0) is 19.1 Å². The molecule has 0 spiro atoms. The van der Waals surface area contributed by atoms with E-state index in [0.717, 1.165) is 17.1 Å². The number of alkyl halides is 3. The van der Waals surface area contributed by atoms with Crippen molar-refractivity contribution in [3.8, 4) is 0 Å². The van der Waals surface area contributed by atoms with Gasteiger partial charge in [0.2, 0.25) is 10.0 Å². The highest BCUT2D eigenvalue weighted by Crippen LogP contribution is 2.23. The SMILES string of the molecule is Cc1cccc(COCC2CN(S(C)(=O)=O)Cc3cncn32)n1.O=C(O)C(F)(F)F. The van der Waals surface area contributed by atoms with Crippen LogP contribution in [-0.4, -0.2) is 63.9 Å². The van der Waals surface area contributed by atoms with E-state index in [4.69, 9.17) is 14.6 Å². The first kappa shape index (κ1) is 23.8. The van der Waals surface area contributed by atoms with Crippen LogP contribution in [0.1, 0.15) is 23.1 Å². The van der Waals surface area contributed by atoms with Gasteiger partial charge in [0.15, 0.2) is 0 Å². The van der Waals surface area contributed by atoms with E-state index in [1.807, 2.05) is 29.7 Å². The van der Waals surface area contributed by atoms with Crippen LogP contribution in [0.5, 0.6) is 0 Å². The summed E-state index contributed by atoms with van der Waals surface area (Å²) in [5, 5.41) is 7.12. The standard InChI is InChI=1S/C15H20N4O3S.C2HF3O2/c1-12-4-3-5-13(17-12)9-22-10-15-8-18(23(2,20)21)7-14-6-16-11-19(14)15;3-2(4,5)1(6)7/h3-6,11,15H,7-10H2,1-2H3;(H,6,7). The quantitative estimate of drug-likeness (QED) is 0.738. The fourth-order valence-electron chi connectivity index (χ4n) is 2.72. The maximum atomic E-state index is 11.8. The second-order valence-electron chi connectivity index (χ2n) is 6.59. The van der Waals surface area contributed by atoms with Gasteiger partial charge in [-0.3, -0.25) is 4.98 Å². The normalized spacial score (nSPS) is 17.0. The minimum absolute atomic E-state index is 0.0826. The van der Waals surface area contributed by atoms with Crippen molar-refractivity contribution < 1.29 is 36.2 Å². The summed E-state index contributed by atoms with van der Waals surface area (Å²) in [4.78, 5) is 17.4. The number of ether oxygens (including phenoxy) is 1. The molecule has 3 heterocycles. The van der Waals surface area contributed by atoms with Crippen molar-refractivity contribution >= 4 is 16.0 Å². The van der Waals surface area contributed by atoms with E-state index in [-0.39, 0.29) is 6.04 Å². The Labute approximate surface area is 171 Å². The number of nitrogens with zero attached hydrogens (tertiary/aromatic N) is 4. The Morgan fingerprint density at radius 2 is 2.03 bits per heavy atom. The van der Waals surface area contributed by atoms with E-state index in [0.29, 0.717) is 26.3 Å². The summed E-state index contributed by atoms with van der Waals surface area (Å²) in [5.41, 5.74) is 2.69. The Bertz CT molecular complexity index is 978. The number of carboxylic acid groups (broad SMARTS) is 1. The summed E-state index contributed by atoms with van der Waals surface area (Å²) < 4.78 is 64.6. The van der Waals surface area contributed by atoms with Crippen molar-refractivity contribution in [3.63, 3.8) is 0 Å². The third-order valence-corrected chi connectivity index (χ3v) is 5.33. The molecule has 0 saturated carbocycles. The molecule has 1 aliphatic rings. The lowest BCUT2D eigenvalue weighted by Gasteiger charge is -2.32. The van der Waals surface area contributed by atoms with E-state index in [1.54, 1.807) is 12.5 Å². The van der Waals surface area contributed by atoms with Crippen LogP contribution in [0.2, 0.25) is 0 Å². The molecule has 0 bridgehead atoms. The molecule has 1 unspecified atom stereocenters. The highest BCUT2D eigenvalue weighted by Gasteiger charge is 2.38. The van der Waals surface area contributed by atoms with Crippen LogP contribution in [0.15, 0.2) is 30.7 Å². The summed E-state index contributed by atoms with van der Waals surface area (Å²) in [5.74, 6) is -2.76. The molecule has 3 rings (SSSR count). The van der Waals surface area contributed by atoms with Gasteiger partial charge in [0.1, 0.15) is 0 Å². The molecule has 1 aliphatic heterocycles. The van der Waals surface area contributed by atoms with E-state index in [1.165, 1.54) is 10.6 Å². The summed E-state index contributed by atoms with van der Waals surface area (Å²) in [6, 6.07) is 5.72. The maximum absolute atomic E-state index is 11.8. The molecule has 2 aromatic heterocycles. The largest absolute Gasteiger partial charge is 0.490 e. The molecule has 0 fully saturated rings. The summed E-state index contributed by atoms with van der Waals surface area (Å²) >= 11 is 0. The first-order valence-corrected chi connectivity index (χ1v) is 10.5. The zero-order chi connectivity index (χ0) is 22.5. The minimum atomic E-state index is -5.08. The van der Waals surface area contributed by atoms with Crippen molar-refractivity contribution in [1.29, 1.82) is 0 Å². The number of sulfonamides is 1. The lowest BCUT2D eigenvalue weighted by molar-refractivity contribution is -0.192. The number of carboxylic acids is 1. The average Bonchev–Trinajstić information content (AvgIpc) is 3.09. The smallest absolute Gasteiger partial charge is 0.475 e. The Kier molecular flexibility index (Phi) is 7.55. The molecule has 166 valence electrons. The highest BCUT2D eigenvalue weighted by molar-refractivity contribution is 7.88. The van der Waals surface area contributed by atoms with Crippen molar-refractivity contribution in [1.82, 2.24) is 18.8 Å². The fourth-order valence-corrected chi connectivity index (χ4v) is 3.53. The molecule has 9 nitrogen and oxygen atoms in total. The average molecular weight is 450 g/mol. The van der Waals surface area contributed by atoms with E-state index >= 15 is 0 Å². The zero-order valence-corrected chi connectivity index (χ0v) is 17.0. The molecule has 0 amide bonds. The maximum Gasteiger partial charge on any atom is 0.490 e. The fraction of sp³-hybridized carbons (Fsp3) is 0.471. The molecule has 0 aliphatic carbocycles. The van der Waals surface area contributed by atoms with Crippen LogP contribution in [0.25, 0.3) is 0 Å². The number of aliphatic carboxylic acids is 1. The lowest BCUT2D eigenvalue weighted by atomic mass is 10.2. The number of rotatable bonds is 5. The van der Waals surface area contributed by atoms with Crippen molar-refractivity contribution in [2.75, 3.05) is 19.4 Å². The van der Waals surface area contributed by atoms with E-state index in [2.05, 4.69) is 9.97 Å². The topological polar surface area (TPSA) is 115 Å². The van der Waals surface area contributed by atoms with Gasteiger partial charge in [-0.25, -0.2) is 18.2 Å². The van der Waals surface area contributed by atoms with Gasteiger partial charge >= 0.3 is 12.1 Å². The van der Waals surface area contributed by atoms with Crippen molar-refractivity contribution in [2.24, 2.45) is 0 Å². The monoisotopic (exact) mass is 450 g/mol. The third kappa shape index (κ3) is 6.78. The van der Waals surface area contributed by atoms with E-state index < -0.39 is 22.2 Å². The van der Waals surface area contributed by atoms with Gasteiger partial charge in [0, 0.05) is 18.4 Å². The number of hydrogen-bond donors (Lipinski definition) is 1. The number of fused-ring (bicyclic) bond motifs is 1. The third-order valence-electron chi connectivity index (χ3n) is 4.11. The number of imidazole rings is 1. The Morgan fingerprint density at radius 3 is 2.60 bits per heavy atom.